The van der Waals surface area contributed by atoms with Crippen LogP contribution in [0, 0.1) is 5.82 Å². The van der Waals surface area contributed by atoms with Gasteiger partial charge < -0.3 is 10.6 Å². The van der Waals surface area contributed by atoms with Crippen LogP contribution in [0.15, 0.2) is 53.4 Å². The van der Waals surface area contributed by atoms with Gasteiger partial charge in [-0.3, -0.25) is 4.79 Å². The van der Waals surface area contributed by atoms with Crippen molar-refractivity contribution < 1.29 is 17.6 Å². The molecule has 1 saturated heterocycles. The van der Waals surface area contributed by atoms with E-state index in [1.165, 1.54) is 48.5 Å². The lowest BCUT2D eigenvalue weighted by Crippen LogP contribution is -2.45. The molecule has 1 fully saturated rings. The molecule has 0 bridgehead atoms. The van der Waals surface area contributed by atoms with Gasteiger partial charge in [-0.05, 0) is 67.9 Å². The molecular weight excluding hydrogens is 357 g/mol. The monoisotopic (exact) mass is 377 g/mol. The minimum absolute atomic E-state index is 0.119. The van der Waals surface area contributed by atoms with E-state index in [9.17, 15) is 17.6 Å². The highest BCUT2D eigenvalue weighted by Gasteiger charge is 2.21. The summed E-state index contributed by atoms with van der Waals surface area (Å²) in [5.41, 5.74) is 0.771. The van der Waals surface area contributed by atoms with E-state index in [0.717, 1.165) is 19.4 Å². The number of rotatable bonds is 5. The Kier molecular flexibility index (Phi) is 5.65. The number of hydrogen-bond donors (Lipinski definition) is 3. The molecule has 2 aromatic rings. The van der Waals surface area contributed by atoms with Gasteiger partial charge in [0, 0.05) is 23.8 Å². The second kappa shape index (κ2) is 7.94. The van der Waals surface area contributed by atoms with Crippen molar-refractivity contribution in [2.24, 2.45) is 0 Å². The van der Waals surface area contributed by atoms with Crippen molar-refractivity contribution in [2.75, 3.05) is 18.4 Å². The van der Waals surface area contributed by atoms with Gasteiger partial charge in [-0.25, -0.2) is 17.5 Å². The predicted octanol–water partition coefficient (Wildman–Crippen LogP) is 2.11. The van der Waals surface area contributed by atoms with Crippen molar-refractivity contribution in [2.45, 2.75) is 23.8 Å². The number of carbonyl (C=O) groups is 1. The van der Waals surface area contributed by atoms with Crippen LogP contribution in [0.3, 0.4) is 0 Å². The summed E-state index contributed by atoms with van der Waals surface area (Å²) in [5, 5.41) is 5.81. The average Bonchev–Trinajstić information content (AvgIpc) is 2.63. The van der Waals surface area contributed by atoms with Crippen molar-refractivity contribution >= 4 is 21.6 Å². The van der Waals surface area contributed by atoms with Gasteiger partial charge in [0.15, 0.2) is 0 Å². The predicted molar refractivity (Wildman–Crippen MR) is 97.0 cm³/mol. The van der Waals surface area contributed by atoms with Crippen LogP contribution in [-0.4, -0.2) is 33.5 Å². The van der Waals surface area contributed by atoms with Crippen LogP contribution >= 0.6 is 0 Å². The van der Waals surface area contributed by atoms with Crippen LogP contribution in [0.4, 0.5) is 10.1 Å². The van der Waals surface area contributed by atoms with Crippen LogP contribution in [0.5, 0.6) is 0 Å². The molecule has 1 heterocycles. The number of sulfonamides is 1. The molecule has 26 heavy (non-hydrogen) atoms. The molecule has 1 amide bonds. The SMILES string of the molecule is O=C(Nc1ccc(S(=O)(=O)NC2CCCNC2)cc1)c1ccc(F)cc1. The Bertz CT molecular complexity index is 862. The summed E-state index contributed by atoms with van der Waals surface area (Å²) >= 11 is 0. The molecule has 0 aliphatic carbocycles. The zero-order valence-corrected chi connectivity index (χ0v) is 14.9. The maximum absolute atomic E-state index is 12.9. The number of amides is 1. The summed E-state index contributed by atoms with van der Waals surface area (Å²) in [6.45, 7) is 1.52. The second-order valence-electron chi connectivity index (χ2n) is 6.15. The van der Waals surface area contributed by atoms with Crippen LogP contribution in [0.25, 0.3) is 0 Å². The summed E-state index contributed by atoms with van der Waals surface area (Å²) in [4.78, 5) is 12.2. The van der Waals surface area contributed by atoms with E-state index in [-0.39, 0.29) is 10.9 Å². The first kappa shape index (κ1) is 18.5. The Balaban J connectivity index is 1.65. The maximum atomic E-state index is 12.9. The van der Waals surface area contributed by atoms with E-state index in [4.69, 9.17) is 0 Å². The minimum Gasteiger partial charge on any atom is -0.322 e. The molecule has 8 heteroatoms. The first-order valence-corrected chi connectivity index (χ1v) is 9.82. The van der Waals surface area contributed by atoms with Gasteiger partial charge in [0.2, 0.25) is 10.0 Å². The Morgan fingerprint density at radius 1 is 1.08 bits per heavy atom. The third-order valence-electron chi connectivity index (χ3n) is 4.15. The van der Waals surface area contributed by atoms with E-state index in [1.54, 1.807) is 0 Å². The van der Waals surface area contributed by atoms with Crippen molar-refractivity contribution in [1.82, 2.24) is 10.0 Å². The van der Waals surface area contributed by atoms with E-state index in [1.807, 2.05) is 0 Å². The average molecular weight is 377 g/mol. The smallest absolute Gasteiger partial charge is 0.255 e. The molecule has 138 valence electrons. The number of anilines is 1. The highest BCUT2D eigenvalue weighted by Crippen LogP contribution is 2.16. The van der Waals surface area contributed by atoms with E-state index in [0.29, 0.717) is 17.8 Å². The lowest BCUT2D eigenvalue weighted by Gasteiger charge is -2.23. The number of piperidine rings is 1. The fourth-order valence-corrected chi connectivity index (χ4v) is 4.03. The molecule has 0 saturated carbocycles. The molecule has 1 atom stereocenters. The first-order valence-electron chi connectivity index (χ1n) is 8.34. The molecule has 6 nitrogen and oxygen atoms in total. The van der Waals surface area contributed by atoms with Crippen LogP contribution < -0.4 is 15.4 Å². The second-order valence-corrected chi connectivity index (χ2v) is 7.86. The zero-order chi connectivity index (χ0) is 18.6. The molecule has 1 unspecified atom stereocenters. The third kappa shape index (κ3) is 4.66. The number of hydrogen-bond acceptors (Lipinski definition) is 4. The van der Waals surface area contributed by atoms with Gasteiger partial charge in [-0.15, -0.1) is 0 Å². The lowest BCUT2D eigenvalue weighted by atomic mass is 10.1. The number of benzene rings is 2. The Morgan fingerprint density at radius 3 is 2.38 bits per heavy atom. The van der Waals surface area contributed by atoms with Gasteiger partial charge in [0.05, 0.1) is 4.90 Å². The van der Waals surface area contributed by atoms with Crippen LogP contribution in [-0.2, 0) is 10.0 Å². The quantitative estimate of drug-likeness (QED) is 0.745. The Labute approximate surface area is 151 Å². The molecule has 0 aromatic heterocycles. The molecular formula is C18H20FN3O3S. The minimum atomic E-state index is -3.61. The van der Waals surface area contributed by atoms with Crippen LogP contribution in [0.2, 0.25) is 0 Å². The van der Waals surface area contributed by atoms with Crippen molar-refractivity contribution in [3.8, 4) is 0 Å². The van der Waals surface area contributed by atoms with Gasteiger partial charge in [-0.1, -0.05) is 0 Å². The summed E-state index contributed by atoms with van der Waals surface area (Å²) in [7, 11) is -3.61. The fraction of sp³-hybridized carbons (Fsp3) is 0.278. The topological polar surface area (TPSA) is 87.3 Å². The van der Waals surface area contributed by atoms with E-state index < -0.39 is 21.7 Å². The summed E-state index contributed by atoms with van der Waals surface area (Å²) in [6.07, 6.45) is 1.74. The van der Waals surface area contributed by atoms with Gasteiger partial charge in [0.1, 0.15) is 5.82 Å². The molecule has 1 aliphatic rings. The first-order chi connectivity index (χ1) is 12.4. The summed E-state index contributed by atoms with van der Waals surface area (Å²) in [6, 6.07) is 11.0. The maximum Gasteiger partial charge on any atom is 0.255 e. The van der Waals surface area contributed by atoms with E-state index >= 15 is 0 Å². The summed E-state index contributed by atoms with van der Waals surface area (Å²) in [5.74, 6) is -0.816. The molecule has 3 rings (SSSR count). The number of halogens is 1. The van der Waals surface area contributed by atoms with Crippen molar-refractivity contribution in [3.63, 3.8) is 0 Å². The van der Waals surface area contributed by atoms with Crippen molar-refractivity contribution in [1.29, 1.82) is 0 Å². The molecule has 0 radical (unpaired) electrons. The molecule has 0 spiro atoms. The zero-order valence-electron chi connectivity index (χ0n) is 14.0. The fourth-order valence-electron chi connectivity index (χ4n) is 2.76. The Hall–Kier alpha value is -2.29. The molecule has 3 N–H and O–H groups in total. The molecule has 2 aromatic carbocycles. The molecule has 1 aliphatic heterocycles. The number of nitrogens with one attached hydrogen (secondary N) is 3. The third-order valence-corrected chi connectivity index (χ3v) is 5.68. The normalized spacial score (nSPS) is 17.7. The van der Waals surface area contributed by atoms with Crippen LogP contribution in [0.1, 0.15) is 23.2 Å². The lowest BCUT2D eigenvalue weighted by molar-refractivity contribution is 0.102. The Morgan fingerprint density at radius 2 is 1.77 bits per heavy atom. The standard InChI is InChI=1S/C18H20FN3O3S/c19-14-5-3-13(4-6-14)18(23)21-15-7-9-17(10-8-15)26(24,25)22-16-2-1-11-20-12-16/h3-10,16,20,22H,1-2,11-12H2,(H,21,23). The summed E-state index contributed by atoms with van der Waals surface area (Å²) < 4.78 is 40.4. The van der Waals surface area contributed by atoms with Gasteiger partial charge in [0.25, 0.3) is 5.91 Å². The van der Waals surface area contributed by atoms with Gasteiger partial charge >= 0.3 is 0 Å². The largest absolute Gasteiger partial charge is 0.322 e. The highest BCUT2D eigenvalue weighted by molar-refractivity contribution is 7.89. The number of carbonyl (C=O) groups excluding carboxylic acids is 1. The van der Waals surface area contributed by atoms with Gasteiger partial charge in [-0.2, -0.15) is 0 Å². The van der Waals surface area contributed by atoms with Crippen molar-refractivity contribution in [3.05, 3.63) is 59.9 Å². The van der Waals surface area contributed by atoms with E-state index in [2.05, 4.69) is 15.4 Å². The highest BCUT2D eigenvalue weighted by atomic mass is 32.2.